The van der Waals surface area contributed by atoms with Crippen LogP contribution in [-0.2, 0) is 6.54 Å². The summed E-state index contributed by atoms with van der Waals surface area (Å²) in [5, 5.41) is 13.8. The first-order valence-corrected chi connectivity index (χ1v) is 10.6. The number of nitrogens with one attached hydrogen (secondary N) is 2. The van der Waals surface area contributed by atoms with E-state index in [1.54, 1.807) is 17.0 Å². The van der Waals surface area contributed by atoms with E-state index in [9.17, 15) is 22.8 Å². The number of halogens is 3. The average molecular weight is 461 g/mol. The Kier molecular flexibility index (Phi) is 6.35. The number of anilines is 1. The summed E-state index contributed by atoms with van der Waals surface area (Å²) < 4.78 is 39.4. The molecular formula is C21H18F3N5O2S. The molecule has 11 heteroatoms. The van der Waals surface area contributed by atoms with Gasteiger partial charge in [0.2, 0.25) is 5.01 Å². The van der Waals surface area contributed by atoms with Crippen molar-refractivity contribution >= 4 is 29.0 Å². The molecule has 1 aromatic heterocycles. The van der Waals surface area contributed by atoms with E-state index < -0.39 is 17.5 Å². The summed E-state index contributed by atoms with van der Waals surface area (Å²) in [4.78, 5) is 26.7. The lowest BCUT2D eigenvalue weighted by molar-refractivity contribution is 0.102. The van der Waals surface area contributed by atoms with Gasteiger partial charge in [-0.05, 0) is 42.7 Å². The van der Waals surface area contributed by atoms with E-state index in [0.29, 0.717) is 18.0 Å². The largest absolute Gasteiger partial charge is 0.334 e. The first-order chi connectivity index (χ1) is 15.4. The fraction of sp³-hybridized carbons (Fsp3) is 0.238. The molecular weight excluding hydrogens is 443 g/mol. The molecule has 3 amide bonds. The van der Waals surface area contributed by atoms with Gasteiger partial charge in [-0.25, -0.2) is 18.0 Å². The number of hydrogen-bond acceptors (Lipinski definition) is 5. The molecule has 1 fully saturated rings. The van der Waals surface area contributed by atoms with E-state index in [-0.39, 0.29) is 35.1 Å². The van der Waals surface area contributed by atoms with Crippen LogP contribution in [0.15, 0.2) is 42.5 Å². The predicted molar refractivity (Wildman–Crippen MR) is 112 cm³/mol. The molecule has 0 aliphatic carbocycles. The van der Waals surface area contributed by atoms with Gasteiger partial charge in [0.15, 0.2) is 11.6 Å². The molecule has 0 radical (unpaired) electrons. The lowest BCUT2D eigenvalue weighted by Gasteiger charge is -2.23. The highest BCUT2D eigenvalue weighted by Gasteiger charge is 2.33. The molecule has 1 atom stereocenters. The minimum atomic E-state index is -1.08. The number of aromatic nitrogens is 2. The summed E-state index contributed by atoms with van der Waals surface area (Å²) >= 11 is 1.04. The number of nitrogens with zero attached hydrogens (tertiary/aromatic N) is 3. The number of benzene rings is 2. The number of amides is 3. The van der Waals surface area contributed by atoms with Crippen LogP contribution in [0.1, 0.15) is 39.3 Å². The lowest BCUT2D eigenvalue weighted by Crippen LogP contribution is -2.39. The van der Waals surface area contributed by atoms with Crippen LogP contribution in [0.4, 0.5) is 23.7 Å². The first kappa shape index (κ1) is 21.8. The van der Waals surface area contributed by atoms with Gasteiger partial charge in [0.1, 0.15) is 10.8 Å². The molecule has 1 aliphatic heterocycles. The van der Waals surface area contributed by atoms with Gasteiger partial charge in [-0.15, -0.1) is 10.2 Å². The smallest absolute Gasteiger partial charge is 0.318 e. The summed E-state index contributed by atoms with van der Waals surface area (Å²) in [7, 11) is 0. The Labute approximate surface area is 185 Å². The van der Waals surface area contributed by atoms with Crippen LogP contribution in [0.5, 0.6) is 0 Å². The number of carbonyl (C=O) groups excluding carboxylic acids is 2. The average Bonchev–Trinajstić information content (AvgIpc) is 3.45. The van der Waals surface area contributed by atoms with Crippen LogP contribution in [0, 0.1) is 17.5 Å². The maximum absolute atomic E-state index is 13.3. The summed E-state index contributed by atoms with van der Waals surface area (Å²) in [6.45, 7) is 0.774. The van der Waals surface area contributed by atoms with Gasteiger partial charge in [-0.2, -0.15) is 0 Å². The Hall–Kier alpha value is -3.47. The quantitative estimate of drug-likeness (QED) is 0.595. The highest BCUT2D eigenvalue weighted by Crippen LogP contribution is 2.33. The van der Waals surface area contributed by atoms with Crippen LogP contribution in [0.2, 0.25) is 0 Å². The molecule has 2 N–H and O–H groups in total. The van der Waals surface area contributed by atoms with E-state index in [2.05, 4.69) is 20.8 Å². The lowest BCUT2D eigenvalue weighted by atomic mass is 10.2. The van der Waals surface area contributed by atoms with Crippen LogP contribution >= 0.6 is 11.3 Å². The van der Waals surface area contributed by atoms with Gasteiger partial charge in [0.25, 0.3) is 5.91 Å². The number of hydrogen-bond donors (Lipinski definition) is 2. The number of urea groups is 1. The van der Waals surface area contributed by atoms with Crippen molar-refractivity contribution in [1.82, 2.24) is 20.4 Å². The van der Waals surface area contributed by atoms with Crippen molar-refractivity contribution in [3.05, 3.63) is 75.5 Å². The maximum atomic E-state index is 13.3. The van der Waals surface area contributed by atoms with Crippen LogP contribution in [0.3, 0.4) is 0 Å². The van der Waals surface area contributed by atoms with Gasteiger partial charge in [0.05, 0.1) is 6.04 Å². The number of rotatable bonds is 5. The zero-order valence-corrected chi connectivity index (χ0v) is 17.5. The Morgan fingerprint density at radius 3 is 2.59 bits per heavy atom. The van der Waals surface area contributed by atoms with E-state index in [4.69, 9.17) is 0 Å². The first-order valence-electron chi connectivity index (χ1n) is 9.79. The second kappa shape index (κ2) is 9.35. The zero-order valence-electron chi connectivity index (χ0n) is 16.6. The third kappa shape index (κ3) is 4.88. The fourth-order valence-electron chi connectivity index (χ4n) is 3.37. The molecule has 2 aromatic carbocycles. The maximum Gasteiger partial charge on any atom is 0.318 e. The van der Waals surface area contributed by atoms with Crippen molar-refractivity contribution in [2.45, 2.75) is 25.4 Å². The van der Waals surface area contributed by atoms with Crippen molar-refractivity contribution < 1.29 is 22.8 Å². The molecule has 1 aliphatic rings. The highest BCUT2D eigenvalue weighted by molar-refractivity contribution is 7.13. The van der Waals surface area contributed by atoms with Crippen molar-refractivity contribution in [2.75, 3.05) is 11.9 Å². The molecule has 4 rings (SSSR count). The predicted octanol–water partition coefficient (Wildman–Crippen LogP) is 4.25. The van der Waals surface area contributed by atoms with Crippen molar-refractivity contribution in [3.8, 4) is 0 Å². The minimum absolute atomic E-state index is 0.0447. The van der Waals surface area contributed by atoms with Gasteiger partial charge in [-0.1, -0.05) is 23.5 Å². The van der Waals surface area contributed by atoms with Gasteiger partial charge in [-0.3, -0.25) is 4.79 Å². The Bertz CT molecular complexity index is 1140. The Morgan fingerprint density at radius 2 is 1.84 bits per heavy atom. The van der Waals surface area contributed by atoms with Crippen LogP contribution < -0.4 is 10.6 Å². The topological polar surface area (TPSA) is 87.2 Å². The summed E-state index contributed by atoms with van der Waals surface area (Å²) in [5.41, 5.74) is 0.857. The van der Waals surface area contributed by atoms with Gasteiger partial charge < -0.3 is 15.5 Å². The molecule has 0 spiro atoms. The third-order valence-electron chi connectivity index (χ3n) is 4.97. The summed E-state index contributed by atoms with van der Waals surface area (Å²) in [6.07, 6.45) is 1.44. The van der Waals surface area contributed by atoms with Crippen LogP contribution in [-0.4, -0.2) is 33.6 Å². The molecule has 0 saturated carbocycles. The molecule has 3 aromatic rings. The zero-order chi connectivity index (χ0) is 22.7. The third-order valence-corrected chi connectivity index (χ3v) is 5.99. The summed E-state index contributed by atoms with van der Waals surface area (Å²) in [6, 6.07) is 8.26. The Balaban J connectivity index is 1.39. The normalized spacial score (nSPS) is 15.6. The van der Waals surface area contributed by atoms with Gasteiger partial charge in [0, 0.05) is 24.8 Å². The van der Waals surface area contributed by atoms with E-state index >= 15 is 0 Å². The monoisotopic (exact) mass is 461 g/mol. The van der Waals surface area contributed by atoms with E-state index in [1.165, 1.54) is 18.2 Å². The molecule has 1 saturated heterocycles. The molecule has 32 heavy (non-hydrogen) atoms. The van der Waals surface area contributed by atoms with E-state index in [1.807, 2.05) is 0 Å². The Morgan fingerprint density at radius 1 is 1.06 bits per heavy atom. The van der Waals surface area contributed by atoms with Crippen LogP contribution in [0.25, 0.3) is 0 Å². The molecule has 2 heterocycles. The highest BCUT2D eigenvalue weighted by atomic mass is 32.1. The minimum Gasteiger partial charge on any atom is -0.334 e. The fourth-order valence-corrected chi connectivity index (χ4v) is 4.25. The SMILES string of the molecule is O=C(Nc1ccc(F)c(F)c1)c1nnc([C@H]2CCCN2C(=O)NCc2ccc(F)cc2)s1. The molecule has 0 unspecified atom stereocenters. The van der Waals surface area contributed by atoms with Crippen molar-refractivity contribution in [2.24, 2.45) is 0 Å². The molecule has 7 nitrogen and oxygen atoms in total. The standard InChI is InChI=1S/C21H18F3N5O2S/c22-13-5-3-12(4-6-13)11-25-21(31)29-9-1-2-17(29)19-27-28-20(32-19)18(30)26-14-7-8-15(23)16(24)10-14/h3-8,10,17H,1-2,9,11H2,(H,25,31)(H,26,30)/t17-/m1/s1. The second-order valence-electron chi connectivity index (χ2n) is 7.17. The number of likely N-dealkylation sites (tertiary alicyclic amines) is 1. The van der Waals surface area contributed by atoms with Gasteiger partial charge >= 0.3 is 6.03 Å². The molecule has 0 bridgehead atoms. The molecule has 166 valence electrons. The van der Waals surface area contributed by atoms with Crippen molar-refractivity contribution in [1.29, 1.82) is 0 Å². The second-order valence-corrected chi connectivity index (χ2v) is 8.17. The van der Waals surface area contributed by atoms with Crippen molar-refractivity contribution in [3.63, 3.8) is 0 Å². The number of carbonyl (C=O) groups is 2. The summed E-state index contributed by atoms with van der Waals surface area (Å²) in [5.74, 6) is -3.04. The van der Waals surface area contributed by atoms with E-state index in [0.717, 1.165) is 35.5 Å².